The molecule has 0 bridgehead atoms. The molecule has 206 valence electrons. The van der Waals surface area contributed by atoms with Gasteiger partial charge in [0.2, 0.25) is 0 Å². The molecule has 3 heterocycles. The maximum absolute atomic E-state index is 14.0. The van der Waals surface area contributed by atoms with Crippen LogP contribution in [0.2, 0.25) is 0 Å². The molecule has 3 fully saturated rings. The lowest BCUT2D eigenvalue weighted by atomic mass is 10.1. The summed E-state index contributed by atoms with van der Waals surface area (Å²) < 4.78 is 33.4. The molecule has 39 heavy (non-hydrogen) atoms. The van der Waals surface area contributed by atoms with Gasteiger partial charge in [-0.2, -0.15) is 0 Å². The first-order valence-electron chi connectivity index (χ1n) is 13.0. The van der Waals surface area contributed by atoms with Crippen molar-refractivity contribution in [2.45, 2.75) is 6.54 Å². The number of imide groups is 1. The Labute approximate surface area is 230 Å². The third-order valence-electron chi connectivity index (χ3n) is 7.20. The summed E-state index contributed by atoms with van der Waals surface area (Å²) in [6.45, 7) is 8.05. The van der Waals surface area contributed by atoms with Gasteiger partial charge in [-0.05, 0) is 47.7 Å². The van der Waals surface area contributed by atoms with E-state index in [-0.39, 0.29) is 16.4 Å². The van der Waals surface area contributed by atoms with Gasteiger partial charge in [0.05, 0.1) is 24.7 Å². The van der Waals surface area contributed by atoms with Crippen molar-refractivity contribution in [1.82, 2.24) is 19.6 Å². The number of nitrogens with zero attached hydrogens (tertiary/aromatic N) is 4. The van der Waals surface area contributed by atoms with Crippen molar-refractivity contribution < 1.29 is 27.9 Å². The zero-order valence-corrected chi connectivity index (χ0v) is 22.3. The normalized spacial score (nSPS) is 20.3. The minimum atomic E-state index is -0.812. The first kappa shape index (κ1) is 27.4. The molecule has 0 N–H and O–H groups in total. The van der Waals surface area contributed by atoms with E-state index in [9.17, 15) is 23.2 Å². The minimum Gasteiger partial charge on any atom is -0.379 e. The molecule has 2 aromatic carbocycles. The van der Waals surface area contributed by atoms with Crippen molar-refractivity contribution in [1.29, 1.82) is 0 Å². The van der Waals surface area contributed by atoms with Gasteiger partial charge < -0.3 is 9.64 Å². The fourth-order valence-electron chi connectivity index (χ4n) is 4.82. The fraction of sp³-hybridized carbons (Fsp3) is 0.393. The molecule has 2 aromatic rings. The Morgan fingerprint density at radius 2 is 1.49 bits per heavy atom. The molecular weight excluding hydrogens is 526 g/mol. The topological polar surface area (TPSA) is 73.4 Å². The van der Waals surface area contributed by atoms with Crippen molar-refractivity contribution in [3.05, 3.63) is 75.7 Å². The van der Waals surface area contributed by atoms with Crippen LogP contribution in [0, 0.1) is 11.6 Å². The van der Waals surface area contributed by atoms with Crippen LogP contribution >= 0.6 is 11.8 Å². The number of rotatable bonds is 7. The number of amides is 3. The van der Waals surface area contributed by atoms with Crippen LogP contribution in [-0.2, 0) is 16.1 Å². The summed E-state index contributed by atoms with van der Waals surface area (Å²) in [5.74, 6) is -2.28. The van der Waals surface area contributed by atoms with Crippen LogP contribution in [-0.4, -0.2) is 102 Å². The van der Waals surface area contributed by atoms with Gasteiger partial charge in [0.25, 0.3) is 17.1 Å². The Morgan fingerprint density at radius 3 is 2.13 bits per heavy atom. The number of ether oxygens (including phenoxy) is 1. The van der Waals surface area contributed by atoms with Gasteiger partial charge in [-0.1, -0.05) is 18.2 Å². The predicted molar refractivity (Wildman–Crippen MR) is 144 cm³/mol. The van der Waals surface area contributed by atoms with E-state index in [0.29, 0.717) is 24.2 Å². The maximum Gasteiger partial charge on any atom is 0.293 e. The number of benzene rings is 2. The molecule has 0 saturated carbocycles. The van der Waals surface area contributed by atoms with Crippen LogP contribution < -0.4 is 0 Å². The van der Waals surface area contributed by atoms with E-state index in [2.05, 4.69) is 9.80 Å². The SMILES string of the molecule is O=C(c1ccc(C=C2SC(=O)N(Cc3c(F)cccc3F)C2=O)cc1)N1CCN(CCN2CCOCC2)CC1. The number of thioether (sulfide) groups is 1. The molecule has 0 aromatic heterocycles. The molecule has 8 nitrogen and oxygen atoms in total. The second-order valence-electron chi connectivity index (χ2n) is 9.68. The highest BCUT2D eigenvalue weighted by Crippen LogP contribution is 2.34. The zero-order valence-electron chi connectivity index (χ0n) is 21.5. The number of hydrogen-bond donors (Lipinski definition) is 0. The van der Waals surface area contributed by atoms with Crippen LogP contribution in [0.1, 0.15) is 21.5 Å². The summed E-state index contributed by atoms with van der Waals surface area (Å²) in [4.78, 5) is 45.9. The molecule has 0 spiro atoms. The Bertz CT molecular complexity index is 1240. The Kier molecular flexibility index (Phi) is 8.71. The third-order valence-corrected chi connectivity index (χ3v) is 8.11. The largest absolute Gasteiger partial charge is 0.379 e. The number of morpholine rings is 1. The van der Waals surface area contributed by atoms with Crippen LogP contribution in [0.25, 0.3) is 6.08 Å². The first-order valence-corrected chi connectivity index (χ1v) is 13.8. The number of piperazine rings is 1. The first-order chi connectivity index (χ1) is 18.9. The van der Waals surface area contributed by atoms with Crippen molar-refractivity contribution in [3.63, 3.8) is 0 Å². The molecule has 0 aliphatic carbocycles. The van der Waals surface area contributed by atoms with Crippen molar-refractivity contribution >= 4 is 34.9 Å². The maximum atomic E-state index is 14.0. The summed E-state index contributed by atoms with van der Waals surface area (Å²) in [5.41, 5.74) is 0.862. The summed E-state index contributed by atoms with van der Waals surface area (Å²) in [6, 6.07) is 10.2. The van der Waals surface area contributed by atoms with Gasteiger partial charge >= 0.3 is 0 Å². The lowest BCUT2D eigenvalue weighted by Crippen LogP contribution is -2.51. The zero-order chi connectivity index (χ0) is 27.4. The van der Waals surface area contributed by atoms with Crippen molar-refractivity contribution in [2.24, 2.45) is 0 Å². The average molecular weight is 557 g/mol. The van der Waals surface area contributed by atoms with E-state index in [1.54, 1.807) is 30.3 Å². The average Bonchev–Trinajstić information content (AvgIpc) is 3.22. The van der Waals surface area contributed by atoms with E-state index < -0.39 is 29.3 Å². The van der Waals surface area contributed by atoms with E-state index in [4.69, 9.17) is 4.74 Å². The minimum absolute atomic E-state index is 0.0402. The standard InChI is InChI=1S/C28H30F2N4O4S/c29-23-2-1-3-24(30)22(23)19-34-27(36)25(39-28(34)37)18-20-4-6-21(7-5-20)26(35)33-12-10-31(11-13-33)8-9-32-14-16-38-17-15-32/h1-7,18H,8-17,19H2. The highest BCUT2D eigenvalue weighted by Gasteiger charge is 2.36. The van der Waals surface area contributed by atoms with E-state index in [0.717, 1.165) is 81.3 Å². The summed E-state index contributed by atoms with van der Waals surface area (Å²) >= 11 is 0.719. The summed E-state index contributed by atoms with van der Waals surface area (Å²) in [7, 11) is 0. The number of carbonyl (C=O) groups is 3. The summed E-state index contributed by atoms with van der Waals surface area (Å²) in [5, 5.41) is -0.593. The Morgan fingerprint density at radius 1 is 0.872 bits per heavy atom. The van der Waals surface area contributed by atoms with E-state index >= 15 is 0 Å². The highest BCUT2D eigenvalue weighted by atomic mass is 32.2. The van der Waals surface area contributed by atoms with Crippen LogP contribution in [0.3, 0.4) is 0 Å². The van der Waals surface area contributed by atoms with Gasteiger partial charge in [0.1, 0.15) is 11.6 Å². The van der Waals surface area contributed by atoms with Gasteiger partial charge in [-0.3, -0.25) is 29.1 Å². The molecule has 3 aliphatic heterocycles. The monoisotopic (exact) mass is 556 g/mol. The lowest BCUT2D eigenvalue weighted by molar-refractivity contribution is -0.123. The molecular formula is C28H30F2N4O4S. The smallest absolute Gasteiger partial charge is 0.293 e. The molecule has 11 heteroatoms. The summed E-state index contributed by atoms with van der Waals surface area (Å²) in [6.07, 6.45) is 1.55. The van der Waals surface area contributed by atoms with Gasteiger partial charge in [-0.25, -0.2) is 8.78 Å². The molecule has 0 atom stereocenters. The number of carbonyl (C=O) groups excluding carboxylic acids is 3. The number of halogens is 2. The highest BCUT2D eigenvalue weighted by molar-refractivity contribution is 8.18. The molecule has 3 aliphatic rings. The van der Waals surface area contributed by atoms with Gasteiger partial charge in [0.15, 0.2) is 0 Å². The molecule has 3 amide bonds. The van der Waals surface area contributed by atoms with Crippen molar-refractivity contribution in [3.8, 4) is 0 Å². The van der Waals surface area contributed by atoms with Gasteiger partial charge in [-0.15, -0.1) is 0 Å². The third kappa shape index (κ3) is 6.55. The van der Waals surface area contributed by atoms with Crippen molar-refractivity contribution in [2.75, 3.05) is 65.6 Å². The lowest BCUT2D eigenvalue weighted by Gasteiger charge is -2.36. The quantitative estimate of drug-likeness (QED) is 0.485. The Hall–Kier alpha value is -3.12. The van der Waals surface area contributed by atoms with E-state index in [1.807, 2.05) is 4.90 Å². The van der Waals surface area contributed by atoms with Crippen LogP contribution in [0.5, 0.6) is 0 Å². The molecule has 5 rings (SSSR count). The second-order valence-corrected chi connectivity index (χ2v) is 10.7. The molecule has 0 unspecified atom stereocenters. The van der Waals surface area contributed by atoms with E-state index in [1.165, 1.54) is 6.07 Å². The Balaban J connectivity index is 1.15. The molecule has 3 saturated heterocycles. The fourth-order valence-corrected chi connectivity index (χ4v) is 5.65. The van der Waals surface area contributed by atoms with Gasteiger partial charge in [0, 0.05) is 63.5 Å². The number of hydrogen-bond acceptors (Lipinski definition) is 7. The molecule has 0 radical (unpaired) electrons. The second kappa shape index (κ2) is 12.4. The van der Waals surface area contributed by atoms with Crippen LogP contribution in [0.15, 0.2) is 47.4 Å². The van der Waals surface area contributed by atoms with Crippen LogP contribution in [0.4, 0.5) is 13.6 Å². The predicted octanol–water partition coefficient (Wildman–Crippen LogP) is 3.29.